The van der Waals surface area contributed by atoms with Crippen LogP contribution < -0.4 is 4.74 Å². The number of fused-ring (bicyclic) bond motifs is 1. The molecule has 0 N–H and O–H groups in total. The Morgan fingerprint density at radius 1 is 1.04 bits per heavy atom. The van der Waals surface area contributed by atoms with Crippen LogP contribution in [0.4, 0.5) is 0 Å². The summed E-state index contributed by atoms with van der Waals surface area (Å²) in [6, 6.07) is 0.446. The molecule has 1 saturated heterocycles. The topological polar surface area (TPSA) is 86.8 Å². The second kappa shape index (κ2) is 7.31. The molecule has 3 aromatic heterocycles. The van der Waals surface area contributed by atoms with Gasteiger partial charge in [0.15, 0.2) is 0 Å². The lowest BCUT2D eigenvalue weighted by atomic mass is 10.1. The van der Waals surface area contributed by atoms with Crippen LogP contribution in [0.5, 0.6) is 6.01 Å². The first-order valence-electron chi connectivity index (χ1n) is 9.85. The minimum atomic E-state index is 0.157. The molecule has 0 amide bonds. The van der Waals surface area contributed by atoms with Crippen molar-refractivity contribution in [2.45, 2.75) is 44.9 Å². The molecule has 2 aliphatic rings. The Balaban J connectivity index is 1.14. The second-order valence-electron chi connectivity index (χ2n) is 7.54. The van der Waals surface area contributed by atoms with Crippen LogP contribution >= 0.6 is 0 Å². The van der Waals surface area contributed by atoms with Crippen LogP contribution in [0.3, 0.4) is 0 Å². The van der Waals surface area contributed by atoms with E-state index >= 15 is 0 Å². The average molecular weight is 380 g/mol. The molecule has 5 heterocycles. The maximum Gasteiger partial charge on any atom is 0.316 e. The molecule has 1 fully saturated rings. The van der Waals surface area contributed by atoms with Gasteiger partial charge in [-0.25, -0.2) is 9.97 Å². The molecule has 0 unspecified atom stereocenters. The second-order valence-corrected chi connectivity index (χ2v) is 7.54. The molecule has 0 saturated carbocycles. The highest BCUT2D eigenvalue weighted by molar-refractivity contribution is 5.59. The number of nitrogens with zero attached hydrogens (tertiary/aromatic N) is 8. The fourth-order valence-corrected chi connectivity index (χ4v) is 3.96. The summed E-state index contributed by atoms with van der Waals surface area (Å²) < 4.78 is 10.0. The molecule has 5 rings (SSSR count). The van der Waals surface area contributed by atoms with Gasteiger partial charge < -0.3 is 9.30 Å². The Morgan fingerprint density at radius 2 is 1.86 bits per heavy atom. The summed E-state index contributed by atoms with van der Waals surface area (Å²) in [7, 11) is 1.89. The Labute approximate surface area is 163 Å². The normalized spacial score (nSPS) is 17.8. The molecular weight excluding hydrogens is 356 g/mol. The third-order valence-electron chi connectivity index (χ3n) is 5.52. The van der Waals surface area contributed by atoms with E-state index in [1.54, 1.807) is 23.3 Å². The number of likely N-dealkylation sites (tertiary alicyclic amines) is 1. The minimum Gasteiger partial charge on any atom is -0.460 e. The van der Waals surface area contributed by atoms with Crippen molar-refractivity contribution >= 4 is 0 Å². The van der Waals surface area contributed by atoms with Gasteiger partial charge in [0.2, 0.25) is 0 Å². The Morgan fingerprint density at radius 3 is 2.61 bits per heavy atom. The summed E-state index contributed by atoms with van der Waals surface area (Å²) >= 11 is 0. The summed E-state index contributed by atoms with van der Waals surface area (Å²) in [5, 5.41) is 12.8. The minimum absolute atomic E-state index is 0.157. The molecule has 0 bridgehead atoms. The molecule has 0 aliphatic carbocycles. The molecule has 3 aromatic rings. The fraction of sp³-hybridized carbons (Fsp3) is 0.526. The van der Waals surface area contributed by atoms with Crippen molar-refractivity contribution in [2.24, 2.45) is 7.05 Å². The van der Waals surface area contributed by atoms with Crippen molar-refractivity contribution < 1.29 is 4.74 Å². The van der Waals surface area contributed by atoms with E-state index in [1.165, 1.54) is 6.42 Å². The van der Waals surface area contributed by atoms with Crippen LogP contribution in [-0.4, -0.2) is 58.6 Å². The van der Waals surface area contributed by atoms with E-state index < -0.39 is 0 Å². The Hall–Kier alpha value is -2.81. The van der Waals surface area contributed by atoms with Gasteiger partial charge in [-0.2, -0.15) is 5.10 Å². The Kier molecular flexibility index (Phi) is 4.52. The summed E-state index contributed by atoms with van der Waals surface area (Å²) in [5.74, 6) is 2.24. The van der Waals surface area contributed by atoms with Gasteiger partial charge in [-0.1, -0.05) is 0 Å². The lowest BCUT2D eigenvalue weighted by Crippen LogP contribution is -2.38. The standard InChI is InChI=1S/C19H24N8O/c1-25-12-15(11-22-25)14-9-20-19(21-10-14)28-16-4-7-26(8-5-16)13-18-24-23-17-3-2-6-27(17)18/h9-12,16H,2-8,13H2,1H3. The first kappa shape index (κ1) is 17.3. The van der Waals surface area contributed by atoms with Crippen molar-refractivity contribution in [1.29, 1.82) is 0 Å². The SMILES string of the molecule is Cn1cc(-c2cnc(OC3CCN(Cc4nnc5n4CCC5)CC3)nc2)cn1. The van der Waals surface area contributed by atoms with Gasteiger partial charge in [-0.05, 0) is 19.3 Å². The van der Waals surface area contributed by atoms with Gasteiger partial charge in [0.05, 0.1) is 12.7 Å². The van der Waals surface area contributed by atoms with E-state index in [2.05, 4.69) is 34.7 Å². The van der Waals surface area contributed by atoms with Crippen molar-refractivity contribution in [3.63, 3.8) is 0 Å². The number of aromatic nitrogens is 7. The quantitative estimate of drug-likeness (QED) is 0.662. The fourth-order valence-electron chi connectivity index (χ4n) is 3.96. The van der Waals surface area contributed by atoms with Crippen LogP contribution in [0.15, 0.2) is 24.8 Å². The molecule has 9 heteroatoms. The molecule has 9 nitrogen and oxygen atoms in total. The van der Waals surface area contributed by atoms with Gasteiger partial charge >= 0.3 is 6.01 Å². The van der Waals surface area contributed by atoms with Gasteiger partial charge in [0.25, 0.3) is 0 Å². The lowest BCUT2D eigenvalue weighted by molar-refractivity contribution is 0.0874. The highest BCUT2D eigenvalue weighted by Crippen LogP contribution is 2.21. The molecule has 0 spiro atoms. The maximum atomic E-state index is 6.01. The number of hydrogen-bond donors (Lipinski definition) is 0. The molecule has 2 aliphatic heterocycles. The molecular formula is C19H24N8O. The maximum absolute atomic E-state index is 6.01. The first-order valence-corrected chi connectivity index (χ1v) is 9.85. The zero-order chi connectivity index (χ0) is 18.9. The summed E-state index contributed by atoms with van der Waals surface area (Å²) in [6.07, 6.45) is 11.7. The zero-order valence-electron chi connectivity index (χ0n) is 16.0. The van der Waals surface area contributed by atoms with E-state index in [1.807, 2.05) is 13.2 Å². The van der Waals surface area contributed by atoms with Crippen LogP contribution in [-0.2, 0) is 26.6 Å². The molecule has 0 atom stereocenters. The van der Waals surface area contributed by atoms with Crippen LogP contribution in [0, 0.1) is 0 Å². The predicted molar refractivity (Wildman–Crippen MR) is 102 cm³/mol. The average Bonchev–Trinajstić information content (AvgIpc) is 3.43. The number of rotatable bonds is 5. The number of hydrogen-bond acceptors (Lipinski definition) is 7. The van der Waals surface area contributed by atoms with E-state index in [-0.39, 0.29) is 6.10 Å². The van der Waals surface area contributed by atoms with Gasteiger partial charge in [0.1, 0.15) is 17.8 Å². The predicted octanol–water partition coefficient (Wildman–Crippen LogP) is 1.46. The van der Waals surface area contributed by atoms with E-state index in [9.17, 15) is 0 Å². The van der Waals surface area contributed by atoms with Crippen LogP contribution in [0.2, 0.25) is 0 Å². The van der Waals surface area contributed by atoms with Gasteiger partial charge in [-0.3, -0.25) is 9.58 Å². The highest BCUT2D eigenvalue weighted by Gasteiger charge is 2.24. The van der Waals surface area contributed by atoms with Gasteiger partial charge in [0, 0.05) is 62.8 Å². The van der Waals surface area contributed by atoms with Gasteiger partial charge in [-0.15, -0.1) is 10.2 Å². The summed E-state index contributed by atoms with van der Waals surface area (Å²) in [6.45, 7) is 3.90. The summed E-state index contributed by atoms with van der Waals surface area (Å²) in [5.41, 5.74) is 1.94. The monoisotopic (exact) mass is 380 g/mol. The molecule has 146 valence electrons. The Bertz CT molecular complexity index is 939. The molecule has 0 aromatic carbocycles. The molecule has 0 radical (unpaired) electrons. The molecule has 28 heavy (non-hydrogen) atoms. The van der Waals surface area contributed by atoms with E-state index in [0.717, 1.165) is 68.2 Å². The van der Waals surface area contributed by atoms with Crippen molar-refractivity contribution in [1.82, 2.24) is 39.4 Å². The smallest absolute Gasteiger partial charge is 0.316 e. The lowest BCUT2D eigenvalue weighted by Gasteiger charge is -2.31. The van der Waals surface area contributed by atoms with Crippen LogP contribution in [0.25, 0.3) is 11.1 Å². The first-order chi connectivity index (χ1) is 13.7. The van der Waals surface area contributed by atoms with Crippen molar-refractivity contribution in [3.05, 3.63) is 36.4 Å². The van der Waals surface area contributed by atoms with E-state index in [4.69, 9.17) is 4.74 Å². The van der Waals surface area contributed by atoms with Crippen LogP contribution in [0.1, 0.15) is 30.9 Å². The third-order valence-corrected chi connectivity index (χ3v) is 5.52. The van der Waals surface area contributed by atoms with Crippen molar-refractivity contribution in [3.8, 4) is 17.1 Å². The van der Waals surface area contributed by atoms with E-state index in [0.29, 0.717) is 6.01 Å². The van der Waals surface area contributed by atoms with Crippen molar-refractivity contribution in [2.75, 3.05) is 13.1 Å². The zero-order valence-corrected chi connectivity index (χ0v) is 16.0. The largest absolute Gasteiger partial charge is 0.460 e. The number of piperidine rings is 1. The number of ether oxygens (including phenoxy) is 1. The number of aryl methyl sites for hydroxylation is 2. The highest BCUT2D eigenvalue weighted by atomic mass is 16.5. The third kappa shape index (κ3) is 3.49. The summed E-state index contributed by atoms with van der Waals surface area (Å²) in [4.78, 5) is 11.2.